The van der Waals surface area contributed by atoms with Crippen LogP contribution in [0.25, 0.3) is 0 Å². The van der Waals surface area contributed by atoms with Gasteiger partial charge in [0, 0.05) is 6.04 Å². The lowest BCUT2D eigenvalue weighted by Gasteiger charge is -2.25. The van der Waals surface area contributed by atoms with E-state index in [4.69, 9.17) is 5.26 Å². The van der Waals surface area contributed by atoms with Crippen molar-refractivity contribution in [3.63, 3.8) is 0 Å². The van der Waals surface area contributed by atoms with Gasteiger partial charge in [-0.05, 0) is 12.8 Å². The maximum atomic E-state index is 12.1. The molecule has 1 aliphatic rings. The van der Waals surface area contributed by atoms with E-state index in [0.29, 0.717) is 0 Å². The molecule has 1 rings (SSSR count). The minimum atomic E-state index is -2.33. The Kier molecular flexibility index (Phi) is 4.10. The van der Waals surface area contributed by atoms with Gasteiger partial charge in [-0.2, -0.15) is 5.26 Å². The second-order valence-electron chi connectivity index (χ2n) is 3.42. The highest BCUT2D eigenvalue weighted by molar-refractivity contribution is 4.84. The number of hydrogen-bond acceptors (Lipinski definition) is 2. The van der Waals surface area contributed by atoms with Gasteiger partial charge in [-0.1, -0.05) is 12.8 Å². The van der Waals surface area contributed by atoms with Crippen LogP contribution < -0.4 is 0 Å². The first-order valence-corrected chi connectivity index (χ1v) is 4.63. The first-order valence-electron chi connectivity index (χ1n) is 4.63. The highest BCUT2D eigenvalue weighted by atomic mass is 19.3. The van der Waals surface area contributed by atoms with Crippen LogP contribution in [0.1, 0.15) is 25.7 Å². The van der Waals surface area contributed by atoms with Crippen molar-refractivity contribution in [2.45, 2.75) is 38.2 Å². The predicted octanol–water partition coefficient (Wildman–Crippen LogP) is 2.02. The van der Waals surface area contributed by atoms with Gasteiger partial charge in [-0.15, -0.1) is 0 Å². The SMILES string of the molecule is N#CCN(CC(F)F)C1CCCC1. The Morgan fingerprint density at radius 1 is 1.38 bits per heavy atom. The van der Waals surface area contributed by atoms with E-state index in [1.54, 1.807) is 4.90 Å². The quantitative estimate of drug-likeness (QED) is 0.631. The normalized spacial score (nSPS) is 18.4. The lowest BCUT2D eigenvalue weighted by atomic mass is 10.2. The molecule has 0 aromatic heterocycles. The van der Waals surface area contributed by atoms with Crippen molar-refractivity contribution in [2.75, 3.05) is 13.1 Å². The summed E-state index contributed by atoms with van der Waals surface area (Å²) in [6, 6.07) is 2.16. The van der Waals surface area contributed by atoms with Crippen molar-refractivity contribution >= 4 is 0 Å². The van der Waals surface area contributed by atoms with Crippen molar-refractivity contribution in [1.29, 1.82) is 5.26 Å². The summed E-state index contributed by atoms with van der Waals surface area (Å²) in [5, 5.41) is 8.47. The van der Waals surface area contributed by atoms with Gasteiger partial charge >= 0.3 is 0 Å². The van der Waals surface area contributed by atoms with Crippen LogP contribution in [0.5, 0.6) is 0 Å². The molecule has 0 N–H and O–H groups in total. The third kappa shape index (κ3) is 3.27. The van der Waals surface area contributed by atoms with Crippen molar-refractivity contribution in [3.8, 4) is 6.07 Å². The molecule has 0 unspecified atom stereocenters. The van der Waals surface area contributed by atoms with Crippen LogP contribution in [-0.4, -0.2) is 30.5 Å². The molecule has 0 saturated heterocycles. The molecule has 4 heteroatoms. The molecule has 2 nitrogen and oxygen atoms in total. The number of nitriles is 1. The molecular weight excluding hydrogens is 174 g/mol. The summed E-state index contributed by atoms with van der Waals surface area (Å²) in [6.45, 7) is -0.118. The standard InChI is InChI=1S/C9H14F2N2/c10-9(11)7-13(6-5-12)8-3-1-2-4-8/h8-9H,1-4,6-7H2. The van der Waals surface area contributed by atoms with Crippen molar-refractivity contribution in [3.05, 3.63) is 0 Å². The number of rotatable bonds is 4. The fourth-order valence-corrected chi connectivity index (χ4v) is 1.88. The van der Waals surface area contributed by atoms with E-state index in [9.17, 15) is 8.78 Å². The summed E-state index contributed by atoms with van der Waals surface area (Å²) in [6.07, 6.45) is 1.82. The van der Waals surface area contributed by atoms with Gasteiger partial charge in [0.2, 0.25) is 0 Å². The van der Waals surface area contributed by atoms with Crippen molar-refractivity contribution in [1.82, 2.24) is 4.90 Å². The maximum Gasteiger partial charge on any atom is 0.251 e. The Morgan fingerprint density at radius 3 is 2.46 bits per heavy atom. The van der Waals surface area contributed by atoms with E-state index in [2.05, 4.69) is 0 Å². The van der Waals surface area contributed by atoms with Crippen LogP contribution in [0.15, 0.2) is 0 Å². The second-order valence-corrected chi connectivity index (χ2v) is 3.42. The fraction of sp³-hybridized carbons (Fsp3) is 0.889. The molecule has 74 valence electrons. The average molecular weight is 188 g/mol. The lowest BCUT2D eigenvalue weighted by Crippen LogP contribution is -2.37. The molecule has 0 amide bonds. The van der Waals surface area contributed by atoms with Gasteiger partial charge in [0.15, 0.2) is 0 Å². The first-order chi connectivity index (χ1) is 6.24. The number of alkyl halides is 2. The Morgan fingerprint density at radius 2 is 2.00 bits per heavy atom. The van der Waals surface area contributed by atoms with E-state index in [1.165, 1.54) is 0 Å². The lowest BCUT2D eigenvalue weighted by molar-refractivity contribution is 0.0744. The molecule has 0 bridgehead atoms. The molecule has 0 spiro atoms. The third-order valence-corrected chi connectivity index (χ3v) is 2.49. The molecule has 1 saturated carbocycles. The summed E-state index contributed by atoms with van der Waals surface area (Å²) in [5.74, 6) is 0. The Labute approximate surface area is 77.1 Å². The van der Waals surface area contributed by atoms with Crippen LogP contribution in [-0.2, 0) is 0 Å². The van der Waals surface area contributed by atoms with Crippen molar-refractivity contribution < 1.29 is 8.78 Å². The summed E-state index contributed by atoms with van der Waals surface area (Å²) < 4.78 is 24.2. The summed E-state index contributed by atoms with van der Waals surface area (Å²) in [5.41, 5.74) is 0. The minimum Gasteiger partial charge on any atom is -0.282 e. The first kappa shape index (κ1) is 10.4. The van der Waals surface area contributed by atoms with Gasteiger partial charge < -0.3 is 0 Å². The summed E-state index contributed by atoms with van der Waals surface area (Å²) in [4.78, 5) is 1.61. The Bertz CT molecular complexity index is 183. The second kappa shape index (κ2) is 5.13. The maximum absolute atomic E-state index is 12.1. The smallest absolute Gasteiger partial charge is 0.251 e. The van der Waals surface area contributed by atoms with E-state index < -0.39 is 6.43 Å². The van der Waals surface area contributed by atoms with Crippen LogP contribution in [0.4, 0.5) is 8.78 Å². The molecule has 0 radical (unpaired) electrons. The minimum absolute atomic E-state index is 0.134. The predicted molar refractivity (Wildman–Crippen MR) is 45.4 cm³/mol. The number of hydrogen-bond donors (Lipinski definition) is 0. The molecule has 0 heterocycles. The zero-order valence-electron chi connectivity index (χ0n) is 7.55. The zero-order valence-corrected chi connectivity index (χ0v) is 7.55. The molecule has 0 aromatic rings. The van der Waals surface area contributed by atoms with E-state index >= 15 is 0 Å². The van der Waals surface area contributed by atoms with E-state index in [0.717, 1.165) is 25.7 Å². The highest BCUT2D eigenvalue weighted by Crippen LogP contribution is 2.23. The molecule has 0 aliphatic heterocycles. The summed E-state index contributed by atoms with van der Waals surface area (Å²) in [7, 11) is 0. The third-order valence-electron chi connectivity index (χ3n) is 2.49. The highest BCUT2D eigenvalue weighted by Gasteiger charge is 2.24. The van der Waals surface area contributed by atoms with Crippen molar-refractivity contribution in [2.24, 2.45) is 0 Å². The van der Waals surface area contributed by atoms with Crippen LogP contribution >= 0.6 is 0 Å². The molecule has 1 fully saturated rings. The molecule has 0 atom stereocenters. The van der Waals surface area contributed by atoms with Gasteiger partial charge in [-0.3, -0.25) is 4.90 Å². The van der Waals surface area contributed by atoms with Crippen LogP contribution in [0.3, 0.4) is 0 Å². The molecular formula is C9H14F2N2. The monoisotopic (exact) mass is 188 g/mol. The van der Waals surface area contributed by atoms with Crippen LogP contribution in [0.2, 0.25) is 0 Å². The Hall–Kier alpha value is -0.690. The summed E-state index contributed by atoms with van der Waals surface area (Å²) >= 11 is 0. The Balaban J connectivity index is 2.41. The molecule has 1 aliphatic carbocycles. The average Bonchev–Trinajstić information content (AvgIpc) is 2.54. The van der Waals surface area contributed by atoms with Gasteiger partial charge in [0.1, 0.15) is 0 Å². The van der Waals surface area contributed by atoms with Gasteiger partial charge in [-0.25, -0.2) is 8.78 Å². The number of nitrogens with zero attached hydrogens (tertiary/aromatic N) is 2. The van der Waals surface area contributed by atoms with Gasteiger partial charge in [0.05, 0.1) is 19.2 Å². The van der Waals surface area contributed by atoms with Gasteiger partial charge in [0.25, 0.3) is 6.43 Å². The van der Waals surface area contributed by atoms with Crippen LogP contribution in [0, 0.1) is 11.3 Å². The largest absolute Gasteiger partial charge is 0.282 e. The fourth-order valence-electron chi connectivity index (χ4n) is 1.88. The molecule has 0 aromatic carbocycles. The zero-order chi connectivity index (χ0) is 9.68. The topological polar surface area (TPSA) is 27.0 Å². The van der Waals surface area contributed by atoms with E-state index in [1.807, 2.05) is 6.07 Å². The van der Waals surface area contributed by atoms with E-state index in [-0.39, 0.29) is 19.1 Å². The number of halogens is 2. The molecule has 13 heavy (non-hydrogen) atoms.